The number of para-hydroxylation sites is 1. The molecule has 2 aromatic heterocycles. The van der Waals surface area contributed by atoms with Gasteiger partial charge in [0.1, 0.15) is 0 Å². The second-order valence-corrected chi connectivity index (χ2v) is 4.90. The zero-order valence-corrected chi connectivity index (χ0v) is 11.1. The van der Waals surface area contributed by atoms with E-state index in [-0.39, 0.29) is 5.91 Å². The van der Waals surface area contributed by atoms with E-state index in [9.17, 15) is 4.79 Å². The zero-order chi connectivity index (χ0) is 14.2. The van der Waals surface area contributed by atoms with Crippen molar-refractivity contribution in [3.8, 4) is 5.69 Å². The van der Waals surface area contributed by atoms with Crippen LogP contribution in [0.5, 0.6) is 0 Å². The Balaban J connectivity index is 1.68. The average Bonchev–Trinajstić information content (AvgIpc) is 3.22. The number of fused-ring (bicyclic) bond motifs is 1. The van der Waals surface area contributed by atoms with Gasteiger partial charge in [0.25, 0.3) is 5.91 Å². The van der Waals surface area contributed by atoms with Gasteiger partial charge in [0, 0.05) is 12.1 Å². The molecule has 7 heteroatoms. The third-order valence-electron chi connectivity index (χ3n) is 3.61. The first kappa shape index (κ1) is 11.8. The number of hydrogen-bond acceptors (Lipinski definition) is 4. The Bertz CT molecular complexity index is 771. The van der Waals surface area contributed by atoms with E-state index in [0.29, 0.717) is 18.7 Å². The highest BCUT2D eigenvalue weighted by Gasteiger charge is 2.27. The molecule has 0 atom stereocenters. The fourth-order valence-corrected chi connectivity index (χ4v) is 2.57. The molecule has 1 aromatic carbocycles. The third kappa shape index (κ3) is 1.90. The molecule has 1 aliphatic heterocycles. The lowest BCUT2D eigenvalue weighted by atomic mass is 10.1. The van der Waals surface area contributed by atoms with Crippen molar-refractivity contribution in [3.05, 3.63) is 59.7 Å². The summed E-state index contributed by atoms with van der Waals surface area (Å²) in [5.74, 6) is -0.0225. The Morgan fingerprint density at radius 3 is 2.95 bits per heavy atom. The van der Waals surface area contributed by atoms with Crippen molar-refractivity contribution in [2.45, 2.75) is 13.1 Å². The summed E-state index contributed by atoms with van der Waals surface area (Å²) in [6.07, 6.45) is 5.09. The summed E-state index contributed by atoms with van der Waals surface area (Å²) < 4.78 is 1.60. The minimum Gasteiger partial charge on any atom is -0.328 e. The molecular weight excluding hydrogens is 268 g/mol. The minimum atomic E-state index is -0.0225. The molecule has 104 valence electrons. The summed E-state index contributed by atoms with van der Waals surface area (Å²) >= 11 is 0. The van der Waals surface area contributed by atoms with Crippen LogP contribution in [0, 0.1) is 0 Å². The van der Waals surface area contributed by atoms with Gasteiger partial charge in [-0.05, 0) is 12.1 Å². The van der Waals surface area contributed by atoms with E-state index in [4.69, 9.17) is 0 Å². The van der Waals surface area contributed by atoms with Gasteiger partial charge >= 0.3 is 0 Å². The van der Waals surface area contributed by atoms with Crippen molar-refractivity contribution < 1.29 is 4.79 Å². The lowest BCUT2D eigenvalue weighted by molar-refractivity contribution is 0.0749. The number of aromatic nitrogens is 5. The monoisotopic (exact) mass is 280 g/mol. The first-order chi connectivity index (χ1) is 10.3. The number of rotatable bonds is 2. The summed E-state index contributed by atoms with van der Waals surface area (Å²) in [4.78, 5) is 14.5. The number of amides is 1. The van der Waals surface area contributed by atoms with Crippen molar-refractivity contribution in [3.63, 3.8) is 0 Å². The lowest BCUT2D eigenvalue weighted by Gasteiger charge is -2.17. The van der Waals surface area contributed by atoms with E-state index in [0.717, 1.165) is 16.9 Å². The molecule has 1 aliphatic rings. The summed E-state index contributed by atoms with van der Waals surface area (Å²) in [6.45, 7) is 1.14. The molecule has 1 amide bonds. The van der Waals surface area contributed by atoms with Gasteiger partial charge in [-0.2, -0.15) is 5.10 Å². The second-order valence-electron chi connectivity index (χ2n) is 4.90. The lowest BCUT2D eigenvalue weighted by Crippen LogP contribution is -2.27. The number of nitrogens with zero attached hydrogens (tertiary/aromatic N) is 5. The molecule has 0 spiro atoms. The molecule has 4 rings (SSSR count). The van der Waals surface area contributed by atoms with Crippen LogP contribution in [0.15, 0.2) is 42.9 Å². The maximum absolute atomic E-state index is 12.8. The van der Waals surface area contributed by atoms with Gasteiger partial charge in [-0.15, -0.1) is 5.10 Å². The molecule has 1 N–H and O–H groups in total. The molecule has 3 heterocycles. The van der Waals surface area contributed by atoms with Crippen LogP contribution >= 0.6 is 0 Å². The topological polar surface area (TPSA) is 79.7 Å². The molecule has 0 unspecified atom stereocenters. The van der Waals surface area contributed by atoms with Gasteiger partial charge in [-0.1, -0.05) is 17.3 Å². The Kier molecular flexibility index (Phi) is 2.56. The van der Waals surface area contributed by atoms with Crippen LogP contribution in [0.2, 0.25) is 0 Å². The van der Waals surface area contributed by atoms with Crippen LogP contribution in [0.25, 0.3) is 5.69 Å². The summed E-state index contributed by atoms with van der Waals surface area (Å²) in [6, 6.07) is 7.40. The van der Waals surface area contributed by atoms with Crippen molar-refractivity contribution >= 4 is 5.91 Å². The SMILES string of the molecule is O=C(c1ccccc1-n1ccnn1)N1Cc2cn[nH]c2C1. The summed E-state index contributed by atoms with van der Waals surface area (Å²) in [7, 11) is 0. The van der Waals surface area contributed by atoms with Crippen molar-refractivity contribution in [2.24, 2.45) is 0 Å². The Labute approximate surface area is 120 Å². The maximum atomic E-state index is 12.8. The standard InChI is InChI=1S/C14H12N6O/c21-14(19-8-10-7-16-17-12(10)9-19)11-3-1-2-4-13(11)20-6-5-15-18-20/h1-7H,8-9H2,(H,16,17). The normalized spacial score (nSPS) is 13.4. The summed E-state index contributed by atoms with van der Waals surface area (Å²) in [5.41, 5.74) is 3.41. The predicted octanol–water partition coefficient (Wildman–Crippen LogP) is 1.15. The van der Waals surface area contributed by atoms with Gasteiger partial charge in [-0.25, -0.2) is 4.68 Å². The zero-order valence-electron chi connectivity index (χ0n) is 11.1. The number of carbonyl (C=O) groups is 1. The highest BCUT2D eigenvalue weighted by Crippen LogP contribution is 2.24. The van der Waals surface area contributed by atoms with Crippen molar-refractivity contribution in [1.82, 2.24) is 30.1 Å². The molecular formula is C14H12N6O. The number of hydrogen-bond donors (Lipinski definition) is 1. The van der Waals surface area contributed by atoms with Crippen molar-refractivity contribution in [1.29, 1.82) is 0 Å². The highest BCUT2D eigenvalue weighted by atomic mass is 16.2. The number of H-pyrrole nitrogens is 1. The number of nitrogens with one attached hydrogen (secondary N) is 1. The fraction of sp³-hybridized carbons (Fsp3) is 0.143. The van der Waals surface area contributed by atoms with Crippen LogP contribution in [0.1, 0.15) is 21.6 Å². The van der Waals surface area contributed by atoms with Gasteiger partial charge in [0.2, 0.25) is 0 Å². The average molecular weight is 280 g/mol. The van der Waals surface area contributed by atoms with Gasteiger partial charge in [0.15, 0.2) is 0 Å². The van der Waals surface area contributed by atoms with E-state index in [2.05, 4.69) is 20.5 Å². The number of benzene rings is 1. The molecule has 3 aromatic rings. The van der Waals surface area contributed by atoms with E-state index in [1.165, 1.54) is 0 Å². The second kappa shape index (κ2) is 4.55. The highest BCUT2D eigenvalue weighted by molar-refractivity contribution is 5.98. The van der Waals surface area contributed by atoms with Crippen LogP contribution in [-0.4, -0.2) is 36.0 Å². The van der Waals surface area contributed by atoms with E-state index in [1.807, 2.05) is 24.3 Å². The van der Waals surface area contributed by atoms with Gasteiger partial charge in [-0.3, -0.25) is 9.89 Å². The van der Waals surface area contributed by atoms with E-state index < -0.39 is 0 Å². The van der Waals surface area contributed by atoms with Crippen LogP contribution in [0.4, 0.5) is 0 Å². The molecule has 0 aliphatic carbocycles. The number of carbonyl (C=O) groups excluding carboxylic acids is 1. The minimum absolute atomic E-state index is 0.0225. The van der Waals surface area contributed by atoms with E-state index >= 15 is 0 Å². The van der Waals surface area contributed by atoms with E-state index in [1.54, 1.807) is 28.2 Å². The third-order valence-corrected chi connectivity index (χ3v) is 3.61. The Hall–Kier alpha value is -2.96. The molecule has 0 fully saturated rings. The smallest absolute Gasteiger partial charge is 0.256 e. The fourth-order valence-electron chi connectivity index (χ4n) is 2.57. The van der Waals surface area contributed by atoms with Gasteiger partial charge < -0.3 is 4.90 Å². The molecule has 0 bridgehead atoms. The predicted molar refractivity (Wildman–Crippen MR) is 73.5 cm³/mol. The first-order valence-electron chi connectivity index (χ1n) is 6.59. The molecule has 0 saturated heterocycles. The molecule has 7 nitrogen and oxygen atoms in total. The summed E-state index contributed by atoms with van der Waals surface area (Å²) in [5, 5.41) is 14.7. The molecule has 0 radical (unpaired) electrons. The van der Waals surface area contributed by atoms with Crippen LogP contribution in [0.3, 0.4) is 0 Å². The van der Waals surface area contributed by atoms with Crippen LogP contribution < -0.4 is 0 Å². The van der Waals surface area contributed by atoms with Crippen molar-refractivity contribution in [2.75, 3.05) is 0 Å². The quantitative estimate of drug-likeness (QED) is 0.763. The maximum Gasteiger partial charge on any atom is 0.256 e. The van der Waals surface area contributed by atoms with Crippen LogP contribution in [-0.2, 0) is 13.1 Å². The van der Waals surface area contributed by atoms with Gasteiger partial charge in [0.05, 0.1) is 42.1 Å². The number of aromatic amines is 1. The molecule has 21 heavy (non-hydrogen) atoms. The Morgan fingerprint density at radius 2 is 2.14 bits per heavy atom. The first-order valence-corrected chi connectivity index (χ1v) is 6.59. The Morgan fingerprint density at radius 1 is 1.24 bits per heavy atom. The molecule has 0 saturated carbocycles. The largest absolute Gasteiger partial charge is 0.328 e.